The van der Waals surface area contributed by atoms with Crippen molar-refractivity contribution in [3.8, 4) is 0 Å². The predicted octanol–water partition coefficient (Wildman–Crippen LogP) is 4.67. The lowest BCUT2D eigenvalue weighted by Gasteiger charge is -2.71. The van der Waals surface area contributed by atoms with Crippen molar-refractivity contribution >= 4 is 5.97 Å². The van der Waals surface area contributed by atoms with Crippen molar-refractivity contribution in [1.29, 1.82) is 0 Å². The summed E-state index contributed by atoms with van der Waals surface area (Å²) in [6.45, 7) is 13.9. The van der Waals surface area contributed by atoms with Crippen LogP contribution in [0.25, 0.3) is 0 Å². The fourth-order valence-electron chi connectivity index (χ4n) is 11.9. The van der Waals surface area contributed by atoms with Crippen molar-refractivity contribution in [2.75, 3.05) is 13.2 Å². The Balaban J connectivity index is 1.32. The Morgan fingerprint density at radius 2 is 1.63 bits per heavy atom. The number of fused-ring (bicyclic) bond motifs is 7. The summed E-state index contributed by atoms with van der Waals surface area (Å²) in [7, 11) is 0. The van der Waals surface area contributed by atoms with E-state index >= 15 is 0 Å². The molecule has 5 aliphatic carbocycles. The summed E-state index contributed by atoms with van der Waals surface area (Å²) in [5, 5.41) is 52.3. The van der Waals surface area contributed by atoms with Gasteiger partial charge in [0.1, 0.15) is 18.3 Å². The SMILES string of the molecule is CC1(C)CC[C@]2(C(=O)O)CC[C@@]3(C)C(=CC[C@H]4[C@@]5(C)CC[C@H](O[C@@H]6OC[C@H](O)[C@H](O)[C@H]6O)[C@@](C)(CO)[C@@H]5CC[C@]43C)[C@H]2C1. The molecule has 0 radical (unpaired) electrons. The third kappa shape index (κ3) is 4.32. The van der Waals surface area contributed by atoms with E-state index in [2.05, 4.69) is 47.6 Å². The molecule has 0 aromatic carbocycles. The molecule has 0 spiro atoms. The van der Waals surface area contributed by atoms with Crippen LogP contribution in [-0.2, 0) is 14.3 Å². The highest BCUT2D eigenvalue weighted by Gasteiger charge is 2.70. The van der Waals surface area contributed by atoms with E-state index in [0.29, 0.717) is 12.3 Å². The molecule has 0 aromatic heterocycles. The molecule has 13 atom stereocenters. The lowest BCUT2D eigenvalue weighted by molar-refractivity contribution is -0.312. The molecule has 244 valence electrons. The number of aliphatic carboxylic acids is 1. The monoisotopic (exact) mass is 604 g/mol. The first-order chi connectivity index (χ1) is 20.0. The molecule has 6 rings (SSSR count). The number of carboxylic acid groups (broad SMARTS) is 1. The minimum absolute atomic E-state index is 0.0154. The van der Waals surface area contributed by atoms with E-state index in [1.807, 2.05) is 0 Å². The van der Waals surface area contributed by atoms with Crippen molar-refractivity contribution in [2.45, 2.75) is 136 Å². The van der Waals surface area contributed by atoms with Crippen LogP contribution >= 0.6 is 0 Å². The third-order valence-electron chi connectivity index (χ3n) is 14.9. The van der Waals surface area contributed by atoms with Gasteiger partial charge in [-0.3, -0.25) is 4.79 Å². The number of aliphatic hydroxyl groups excluding tert-OH is 4. The summed E-state index contributed by atoms with van der Waals surface area (Å²) in [4.78, 5) is 12.9. The molecule has 5 fully saturated rings. The summed E-state index contributed by atoms with van der Waals surface area (Å²) in [6, 6.07) is 0. The Morgan fingerprint density at radius 3 is 2.30 bits per heavy atom. The van der Waals surface area contributed by atoms with Gasteiger partial charge in [0, 0.05) is 5.41 Å². The van der Waals surface area contributed by atoms with Crippen LogP contribution in [0.2, 0.25) is 0 Å². The van der Waals surface area contributed by atoms with Gasteiger partial charge in [0.25, 0.3) is 0 Å². The van der Waals surface area contributed by atoms with Gasteiger partial charge in [-0.05, 0) is 104 Å². The highest BCUT2D eigenvalue weighted by molar-refractivity contribution is 5.76. The van der Waals surface area contributed by atoms with Gasteiger partial charge in [-0.25, -0.2) is 0 Å². The van der Waals surface area contributed by atoms with Crippen LogP contribution in [0.4, 0.5) is 0 Å². The van der Waals surface area contributed by atoms with E-state index in [1.165, 1.54) is 5.57 Å². The fraction of sp³-hybridized carbons (Fsp3) is 0.914. The maximum atomic E-state index is 12.9. The van der Waals surface area contributed by atoms with Gasteiger partial charge in [-0.15, -0.1) is 0 Å². The average molecular weight is 605 g/mol. The number of ether oxygens (including phenoxy) is 2. The van der Waals surface area contributed by atoms with Crippen LogP contribution in [0.3, 0.4) is 0 Å². The zero-order valence-electron chi connectivity index (χ0n) is 27.1. The van der Waals surface area contributed by atoms with Crippen molar-refractivity contribution in [3.05, 3.63) is 11.6 Å². The minimum atomic E-state index is -1.36. The van der Waals surface area contributed by atoms with Crippen LogP contribution in [0.1, 0.15) is 106 Å². The fourth-order valence-corrected chi connectivity index (χ4v) is 11.9. The normalized spacial score (nSPS) is 54.3. The van der Waals surface area contributed by atoms with Gasteiger partial charge in [0.2, 0.25) is 0 Å². The van der Waals surface area contributed by atoms with E-state index in [9.17, 15) is 30.3 Å². The molecule has 1 saturated heterocycles. The van der Waals surface area contributed by atoms with Crippen molar-refractivity contribution < 1.29 is 39.8 Å². The Hall–Kier alpha value is -1.03. The molecule has 0 aromatic rings. The van der Waals surface area contributed by atoms with E-state index in [1.54, 1.807) is 0 Å². The largest absolute Gasteiger partial charge is 0.481 e. The zero-order chi connectivity index (χ0) is 31.4. The Labute approximate surface area is 257 Å². The second-order valence-corrected chi connectivity index (χ2v) is 17.3. The van der Waals surface area contributed by atoms with Crippen molar-refractivity contribution in [1.82, 2.24) is 0 Å². The Bertz CT molecular complexity index is 1150. The van der Waals surface area contributed by atoms with Crippen LogP contribution in [-0.4, -0.2) is 75.4 Å². The van der Waals surface area contributed by atoms with Gasteiger partial charge in [-0.2, -0.15) is 0 Å². The van der Waals surface area contributed by atoms with Gasteiger partial charge in [-0.1, -0.05) is 53.2 Å². The van der Waals surface area contributed by atoms with E-state index in [4.69, 9.17) is 9.47 Å². The Kier molecular flexibility index (Phi) is 7.60. The molecular formula is C35H56O8. The summed E-state index contributed by atoms with van der Waals surface area (Å²) < 4.78 is 12.0. The molecule has 0 bridgehead atoms. The van der Waals surface area contributed by atoms with Gasteiger partial charge in [0.15, 0.2) is 6.29 Å². The zero-order valence-corrected chi connectivity index (χ0v) is 27.1. The van der Waals surface area contributed by atoms with Gasteiger partial charge < -0.3 is 35.0 Å². The molecule has 0 amide bonds. The van der Waals surface area contributed by atoms with Crippen molar-refractivity contribution in [3.63, 3.8) is 0 Å². The summed E-state index contributed by atoms with van der Waals surface area (Å²) in [6.07, 6.45) is 6.03. The van der Waals surface area contributed by atoms with Gasteiger partial charge in [0.05, 0.1) is 24.7 Å². The van der Waals surface area contributed by atoms with E-state index < -0.39 is 41.4 Å². The third-order valence-corrected chi connectivity index (χ3v) is 14.9. The predicted molar refractivity (Wildman–Crippen MR) is 161 cm³/mol. The molecule has 0 unspecified atom stereocenters. The van der Waals surface area contributed by atoms with E-state index in [-0.39, 0.29) is 52.8 Å². The van der Waals surface area contributed by atoms with Crippen LogP contribution in [0.15, 0.2) is 11.6 Å². The molecule has 5 N–H and O–H groups in total. The summed E-state index contributed by atoms with van der Waals surface area (Å²) >= 11 is 0. The van der Waals surface area contributed by atoms with Gasteiger partial charge >= 0.3 is 5.97 Å². The first-order valence-electron chi connectivity index (χ1n) is 16.9. The van der Waals surface area contributed by atoms with Crippen LogP contribution in [0.5, 0.6) is 0 Å². The van der Waals surface area contributed by atoms with Crippen molar-refractivity contribution in [2.24, 2.45) is 50.2 Å². The smallest absolute Gasteiger partial charge is 0.310 e. The lowest BCUT2D eigenvalue weighted by Crippen LogP contribution is -2.66. The number of carbonyl (C=O) groups is 1. The summed E-state index contributed by atoms with van der Waals surface area (Å²) in [5.41, 5.74) is 0.232. The first kappa shape index (κ1) is 31.9. The molecule has 4 saturated carbocycles. The Morgan fingerprint density at radius 1 is 0.930 bits per heavy atom. The number of rotatable bonds is 4. The molecular weight excluding hydrogens is 548 g/mol. The second kappa shape index (κ2) is 10.2. The maximum Gasteiger partial charge on any atom is 0.310 e. The molecule has 6 aliphatic rings. The quantitative estimate of drug-likeness (QED) is 0.231. The topological polar surface area (TPSA) is 137 Å². The maximum absolute atomic E-state index is 12.9. The molecule has 1 aliphatic heterocycles. The first-order valence-corrected chi connectivity index (χ1v) is 16.9. The number of allylic oxidation sites excluding steroid dienone is 2. The second-order valence-electron chi connectivity index (χ2n) is 17.3. The van der Waals surface area contributed by atoms with Crippen LogP contribution < -0.4 is 0 Å². The molecule has 8 heteroatoms. The number of hydrogen-bond acceptors (Lipinski definition) is 7. The standard InChI is InChI=1S/C35H56O8/c1-30(2)13-15-35(29(40)41)16-14-33(5)20(21(35)17-30)7-8-24-31(3)11-10-25(43-28-27(39)26(38)22(37)18-42-28)32(4,19-36)23(31)9-12-34(24,33)6/h7,21-28,36-39H,8-19H2,1-6H3,(H,40,41)/t21-,22+,23-,24+,25+,26+,27-,28+,31+,32+,33+,34-,35+/m1/s1. The molecule has 8 nitrogen and oxygen atoms in total. The molecule has 1 heterocycles. The number of carboxylic acids is 1. The average Bonchev–Trinajstić information content (AvgIpc) is 2.94. The lowest BCUT2D eigenvalue weighted by atomic mass is 9.33. The number of hydrogen-bond donors (Lipinski definition) is 5. The highest BCUT2D eigenvalue weighted by Crippen LogP contribution is 2.76. The summed E-state index contributed by atoms with van der Waals surface area (Å²) in [5.74, 6) is 0.0529. The van der Waals surface area contributed by atoms with Crippen LogP contribution in [0, 0.1) is 50.2 Å². The minimum Gasteiger partial charge on any atom is -0.481 e. The molecule has 43 heavy (non-hydrogen) atoms. The highest BCUT2D eigenvalue weighted by atomic mass is 16.7. The number of aliphatic hydroxyl groups is 4. The van der Waals surface area contributed by atoms with E-state index in [0.717, 1.165) is 57.8 Å².